The molecule has 0 saturated heterocycles. The third-order valence-electron chi connectivity index (χ3n) is 2.51. The van der Waals surface area contributed by atoms with Gasteiger partial charge in [-0.2, -0.15) is 0 Å². The average molecular weight is 368 g/mol. The van der Waals surface area contributed by atoms with Crippen LogP contribution in [0.5, 0.6) is 11.5 Å². The summed E-state index contributed by atoms with van der Waals surface area (Å²) < 4.78 is 11.4. The second-order valence-corrected chi connectivity index (χ2v) is 4.89. The van der Waals surface area contributed by atoms with Crippen LogP contribution in [-0.2, 0) is 0 Å². The summed E-state index contributed by atoms with van der Waals surface area (Å²) in [5.74, 6) is 0.912. The van der Waals surface area contributed by atoms with E-state index in [0.717, 1.165) is 0 Å². The summed E-state index contributed by atoms with van der Waals surface area (Å²) in [6, 6.07) is 3.27. The minimum Gasteiger partial charge on any atom is -0.493 e. The molecule has 1 aromatic carbocycles. The van der Waals surface area contributed by atoms with Gasteiger partial charge in [0.1, 0.15) is 0 Å². The molecule has 3 N–H and O–H groups in total. The zero-order chi connectivity index (χ0) is 14.4. The topological polar surface area (TPSA) is 73.6 Å². The second-order valence-electron chi connectivity index (χ2n) is 4.03. The van der Waals surface area contributed by atoms with Crippen LogP contribution in [-0.4, -0.2) is 32.2 Å². The van der Waals surface area contributed by atoms with Crippen LogP contribution in [0, 0.1) is 0 Å². The van der Waals surface area contributed by atoms with Crippen molar-refractivity contribution < 1.29 is 14.3 Å². The van der Waals surface area contributed by atoms with Gasteiger partial charge in [0.05, 0.1) is 18.2 Å². The van der Waals surface area contributed by atoms with Gasteiger partial charge >= 0.3 is 0 Å². The first-order valence-corrected chi connectivity index (χ1v) is 6.84. The van der Waals surface area contributed by atoms with Crippen molar-refractivity contribution in [3.63, 3.8) is 0 Å². The third-order valence-corrected chi connectivity index (χ3v) is 3.10. The molecular formula is C13H20BrClN2O3. The summed E-state index contributed by atoms with van der Waals surface area (Å²) in [6.07, 6.45) is 0. The number of methoxy groups -OCH3 is 1. The predicted octanol–water partition coefficient (Wildman–Crippen LogP) is 2.36. The molecule has 0 saturated carbocycles. The lowest BCUT2D eigenvalue weighted by Gasteiger charge is -2.15. The van der Waals surface area contributed by atoms with Crippen LogP contribution in [0.2, 0.25) is 0 Å². The van der Waals surface area contributed by atoms with Crippen molar-refractivity contribution >= 4 is 34.2 Å². The van der Waals surface area contributed by atoms with Crippen LogP contribution in [0.3, 0.4) is 0 Å². The first kappa shape index (κ1) is 19.0. The maximum atomic E-state index is 12.0. The van der Waals surface area contributed by atoms with Gasteiger partial charge in [0.2, 0.25) is 0 Å². The fourth-order valence-corrected chi connectivity index (χ4v) is 2.06. The van der Waals surface area contributed by atoms with Gasteiger partial charge in [0.25, 0.3) is 5.91 Å². The number of benzene rings is 1. The highest BCUT2D eigenvalue weighted by Crippen LogP contribution is 2.36. The van der Waals surface area contributed by atoms with Crippen LogP contribution in [0.15, 0.2) is 16.6 Å². The summed E-state index contributed by atoms with van der Waals surface area (Å²) in [7, 11) is 1.54. The van der Waals surface area contributed by atoms with Gasteiger partial charge < -0.3 is 20.5 Å². The number of ether oxygens (including phenoxy) is 2. The number of nitrogens with one attached hydrogen (secondary N) is 1. The Morgan fingerprint density at radius 2 is 2.15 bits per heavy atom. The van der Waals surface area contributed by atoms with Crippen molar-refractivity contribution in [1.29, 1.82) is 0 Å². The van der Waals surface area contributed by atoms with Crippen LogP contribution in [0.25, 0.3) is 0 Å². The molecule has 20 heavy (non-hydrogen) atoms. The van der Waals surface area contributed by atoms with Gasteiger partial charge in [-0.15, -0.1) is 12.4 Å². The summed E-state index contributed by atoms with van der Waals surface area (Å²) in [5, 5.41) is 2.79. The van der Waals surface area contributed by atoms with Gasteiger partial charge in [-0.1, -0.05) is 0 Å². The SMILES string of the molecule is CCOc1c(Br)cc(C(=O)N[C@@H](C)CN)cc1OC.Cl. The normalized spacial score (nSPS) is 11.2. The number of halogens is 2. The van der Waals surface area contributed by atoms with Gasteiger partial charge in [-0.3, -0.25) is 4.79 Å². The molecular weight excluding hydrogens is 348 g/mol. The van der Waals surface area contributed by atoms with Gasteiger partial charge in [-0.05, 0) is 41.9 Å². The van der Waals surface area contributed by atoms with Crippen molar-refractivity contribution in [2.24, 2.45) is 5.73 Å². The highest BCUT2D eigenvalue weighted by molar-refractivity contribution is 9.10. The molecule has 114 valence electrons. The first-order valence-electron chi connectivity index (χ1n) is 6.04. The van der Waals surface area contributed by atoms with Crippen LogP contribution < -0.4 is 20.5 Å². The summed E-state index contributed by atoms with van der Waals surface area (Å²) in [4.78, 5) is 12.0. The molecule has 0 radical (unpaired) electrons. The average Bonchev–Trinajstić information content (AvgIpc) is 2.40. The molecule has 0 unspecified atom stereocenters. The second kappa shape index (κ2) is 9.05. The number of carbonyl (C=O) groups is 1. The highest BCUT2D eigenvalue weighted by Gasteiger charge is 2.16. The van der Waals surface area contributed by atoms with Crippen LogP contribution in [0.1, 0.15) is 24.2 Å². The standard InChI is InChI=1S/C13H19BrN2O3.ClH/c1-4-19-12-10(14)5-9(6-11(12)18-3)13(17)16-8(2)7-15;/h5-6,8H,4,7,15H2,1-3H3,(H,16,17);1H/t8-;/m0./s1. The van der Waals surface area contributed by atoms with Gasteiger partial charge in [0.15, 0.2) is 11.5 Å². The molecule has 0 aliphatic carbocycles. The summed E-state index contributed by atoms with van der Waals surface area (Å²) in [5.41, 5.74) is 5.97. The van der Waals surface area contributed by atoms with E-state index >= 15 is 0 Å². The molecule has 0 aromatic heterocycles. The zero-order valence-corrected chi connectivity index (χ0v) is 14.1. The number of nitrogens with two attached hydrogens (primary N) is 1. The Labute approximate surface area is 133 Å². The van der Waals surface area contributed by atoms with E-state index in [1.807, 2.05) is 13.8 Å². The molecule has 1 amide bonds. The number of hydrogen-bond acceptors (Lipinski definition) is 4. The molecule has 0 spiro atoms. The first-order chi connectivity index (χ1) is 9.03. The molecule has 0 aliphatic heterocycles. The summed E-state index contributed by atoms with van der Waals surface area (Å²) in [6.45, 7) is 4.64. The van der Waals surface area contributed by atoms with E-state index < -0.39 is 0 Å². The molecule has 7 heteroatoms. The molecule has 5 nitrogen and oxygen atoms in total. The van der Waals surface area contributed by atoms with Crippen molar-refractivity contribution in [3.8, 4) is 11.5 Å². The van der Waals surface area contributed by atoms with E-state index in [2.05, 4.69) is 21.2 Å². The molecule has 0 heterocycles. The fraction of sp³-hybridized carbons (Fsp3) is 0.462. The van der Waals surface area contributed by atoms with E-state index in [-0.39, 0.29) is 24.4 Å². The molecule has 0 aliphatic rings. The zero-order valence-electron chi connectivity index (χ0n) is 11.7. The fourth-order valence-electron chi connectivity index (χ4n) is 1.50. The largest absolute Gasteiger partial charge is 0.493 e. The number of rotatable bonds is 6. The highest BCUT2D eigenvalue weighted by atomic mass is 79.9. The lowest BCUT2D eigenvalue weighted by atomic mass is 10.1. The minimum absolute atomic E-state index is 0. The Hall–Kier alpha value is -0.980. The molecule has 1 rings (SSSR count). The molecule has 0 bridgehead atoms. The monoisotopic (exact) mass is 366 g/mol. The Kier molecular flexibility index (Phi) is 8.60. The van der Waals surface area contributed by atoms with Gasteiger partial charge in [0, 0.05) is 18.2 Å². The Morgan fingerprint density at radius 3 is 2.65 bits per heavy atom. The van der Waals surface area contributed by atoms with E-state index in [0.29, 0.717) is 34.7 Å². The van der Waals surface area contributed by atoms with Crippen molar-refractivity contribution in [1.82, 2.24) is 5.32 Å². The maximum absolute atomic E-state index is 12.0. The Morgan fingerprint density at radius 1 is 1.50 bits per heavy atom. The Bertz CT molecular complexity index is 457. The van der Waals surface area contributed by atoms with Crippen molar-refractivity contribution in [3.05, 3.63) is 22.2 Å². The van der Waals surface area contributed by atoms with E-state index in [4.69, 9.17) is 15.2 Å². The van der Waals surface area contributed by atoms with E-state index in [1.165, 1.54) is 7.11 Å². The quantitative estimate of drug-likeness (QED) is 0.809. The number of amides is 1. The minimum atomic E-state index is -0.194. The van der Waals surface area contributed by atoms with E-state index in [1.54, 1.807) is 12.1 Å². The lowest BCUT2D eigenvalue weighted by molar-refractivity contribution is 0.0941. The lowest BCUT2D eigenvalue weighted by Crippen LogP contribution is -2.37. The Balaban J connectivity index is 0.00000361. The van der Waals surface area contributed by atoms with Crippen LogP contribution in [0.4, 0.5) is 0 Å². The van der Waals surface area contributed by atoms with E-state index in [9.17, 15) is 4.79 Å². The maximum Gasteiger partial charge on any atom is 0.251 e. The molecule has 1 atom stereocenters. The molecule has 0 fully saturated rings. The molecule has 1 aromatic rings. The predicted molar refractivity (Wildman–Crippen MR) is 85.1 cm³/mol. The van der Waals surface area contributed by atoms with Gasteiger partial charge in [-0.25, -0.2) is 0 Å². The smallest absolute Gasteiger partial charge is 0.251 e. The van der Waals surface area contributed by atoms with Crippen molar-refractivity contribution in [2.45, 2.75) is 19.9 Å². The third kappa shape index (κ3) is 4.85. The van der Waals surface area contributed by atoms with Crippen molar-refractivity contribution in [2.75, 3.05) is 20.3 Å². The number of carbonyl (C=O) groups excluding carboxylic acids is 1. The van der Waals surface area contributed by atoms with Crippen LogP contribution >= 0.6 is 28.3 Å². The summed E-state index contributed by atoms with van der Waals surface area (Å²) >= 11 is 3.38. The number of hydrogen-bond donors (Lipinski definition) is 2.